The van der Waals surface area contributed by atoms with Crippen molar-refractivity contribution in [1.29, 1.82) is 0 Å². The first kappa shape index (κ1) is 19.1. The van der Waals surface area contributed by atoms with Crippen LogP contribution in [0.3, 0.4) is 0 Å². The zero-order valence-corrected chi connectivity index (χ0v) is 15.7. The van der Waals surface area contributed by atoms with E-state index in [9.17, 15) is 4.79 Å². The number of carbonyl (C=O) groups excluding carboxylic acids is 1. The van der Waals surface area contributed by atoms with Crippen LogP contribution in [0.4, 0.5) is 5.69 Å². The molecule has 0 bridgehead atoms. The van der Waals surface area contributed by atoms with E-state index in [1.165, 1.54) is 5.69 Å². The molecule has 2 N–H and O–H groups in total. The molecule has 1 heterocycles. The van der Waals surface area contributed by atoms with Crippen molar-refractivity contribution in [2.24, 2.45) is 4.99 Å². The Kier molecular flexibility index (Phi) is 7.57. The second-order valence-corrected chi connectivity index (χ2v) is 6.64. The molecule has 0 saturated carbocycles. The lowest BCUT2D eigenvalue weighted by Gasteiger charge is -2.35. The van der Waals surface area contributed by atoms with Crippen LogP contribution in [-0.4, -0.2) is 63.1 Å². The van der Waals surface area contributed by atoms with Gasteiger partial charge in [-0.1, -0.05) is 25.1 Å². The van der Waals surface area contributed by atoms with E-state index in [-0.39, 0.29) is 12.5 Å². The fourth-order valence-electron chi connectivity index (χ4n) is 2.85. The number of amides is 1. The molecule has 1 aliphatic rings. The highest BCUT2D eigenvalue weighted by Crippen LogP contribution is 2.19. The number of benzene rings is 1. The molecule has 1 atom stereocenters. The molecule has 0 aliphatic carbocycles. The second-order valence-electron chi connectivity index (χ2n) is 6.64. The number of piperidine rings is 1. The topological polar surface area (TPSA) is 60.0 Å². The molecule has 0 aromatic heterocycles. The number of guanidine groups is 1. The Labute approximate surface area is 151 Å². The number of anilines is 1. The molecule has 0 spiro atoms. The minimum atomic E-state index is 0.00662. The van der Waals surface area contributed by atoms with Gasteiger partial charge in [-0.3, -0.25) is 4.79 Å². The van der Waals surface area contributed by atoms with E-state index in [0.29, 0.717) is 6.04 Å². The number of aliphatic imine (C=N–C) groups is 1. The van der Waals surface area contributed by atoms with Gasteiger partial charge in [-0.15, -0.1) is 0 Å². The lowest BCUT2D eigenvalue weighted by molar-refractivity contribution is -0.127. The summed E-state index contributed by atoms with van der Waals surface area (Å²) in [5.74, 6) is 0.740. The standard InChI is InChI=1S/C19H31N5O/c1-4-12-20-19(21-14-18(25)23(2)3)22-16-9-8-13-24(15-16)17-10-6-5-7-11-17/h5-7,10-11,16H,4,8-9,12-15H2,1-3H3,(H2,20,21,22). The summed E-state index contributed by atoms with van der Waals surface area (Å²) in [6.45, 7) is 5.15. The van der Waals surface area contributed by atoms with Crippen molar-refractivity contribution in [3.05, 3.63) is 30.3 Å². The van der Waals surface area contributed by atoms with E-state index >= 15 is 0 Å². The summed E-state index contributed by atoms with van der Waals surface area (Å²) in [6, 6.07) is 10.8. The Hall–Kier alpha value is -2.24. The molecule has 1 aromatic rings. The molecule has 25 heavy (non-hydrogen) atoms. The molecule has 1 fully saturated rings. The zero-order chi connectivity index (χ0) is 18.1. The maximum absolute atomic E-state index is 11.8. The Morgan fingerprint density at radius 2 is 2.08 bits per heavy atom. The minimum absolute atomic E-state index is 0.00662. The number of hydrogen-bond donors (Lipinski definition) is 2. The molecule has 6 heteroatoms. The summed E-state index contributed by atoms with van der Waals surface area (Å²) in [6.07, 6.45) is 3.27. The van der Waals surface area contributed by atoms with Gasteiger partial charge >= 0.3 is 0 Å². The maximum Gasteiger partial charge on any atom is 0.243 e. The van der Waals surface area contributed by atoms with Crippen molar-refractivity contribution in [1.82, 2.24) is 15.5 Å². The van der Waals surface area contributed by atoms with Gasteiger partial charge in [0.25, 0.3) is 0 Å². The number of nitrogens with zero attached hydrogens (tertiary/aromatic N) is 3. The van der Waals surface area contributed by atoms with E-state index in [4.69, 9.17) is 0 Å². The summed E-state index contributed by atoms with van der Waals surface area (Å²) in [5.41, 5.74) is 1.26. The molecule has 1 saturated heterocycles. The molecule has 1 amide bonds. The van der Waals surface area contributed by atoms with Gasteiger partial charge in [-0.2, -0.15) is 0 Å². The maximum atomic E-state index is 11.8. The predicted molar refractivity (Wildman–Crippen MR) is 104 cm³/mol. The first-order valence-corrected chi connectivity index (χ1v) is 9.15. The van der Waals surface area contributed by atoms with Crippen molar-refractivity contribution in [3.8, 4) is 0 Å². The summed E-state index contributed by atoms with van der Waals surface area (Å²) >= 11 is 0. The first-order chi connectivity index (χ1) is 12.1. The van der Waals surface area contributed by atoms with Crippen LogP contribution < -0.4 is 15.5 Å². The fourth-order valence-corrected chi connectivity index (χ4v) is 2.85. The summed E-state index contributed by atoms with van der Waals surface area (Å²) < 4.78 is 0. The Morgan fingerprint density at radius 3 is 2.76 bits per heavy atom. The molecular formula is C19H31N5O. The Bertz CT molecular complexity index is 558. The van der Waals surface area contributed by atoms with Gasteiger partial charge in [0.05, 0.1) is 0 Å². The van der Waals surface area contributed by atoms with Crippen LogP contribution in [0.1, 0.15) is 26.2 Å². The summed E-state index contributed by atoms with van der Waals surface area (Å²) in [5, 5.41) is 6.83. The van der Waals surface area contributed by atoms with Crippen LogP contribution in [0.2, 0.25) is 0 Å². The molecule has 2 rings (SSSR count). The molecule has 6 nitrogen and oxygen atoms in total. The minimum Gasteiger partial charge on any atom is -0.369 e. The quantitative estimate of drug-likeness (QED) is 0.608. The monoisotopic (exact) mass is 345 g/mol. The molecule has 138 valence electrons. The Morgan fingerprint density at radius 1 is 1.32 bits per heavy atom. The predicted octanol–water partition coefficient (Wildman–Crippen LogP) is 1.69. The van der Waals surface area contributed by atoms with E-state index < -0.39 is 0 Å². The van der Waals surface area contributed by atoms with Crippen molar-refractivity contribution in [2.75, 3.05) is 45.2 Å². The third-order valence-corrected chi connectivity index (χ3v) is 4.30. The van der Waals surface area contributed by atoms with Crippen molar-refractivity contribution >= 4 is 17.6 Å². The van der Waals surface area contributed by atoms with E-state index in [1.807, 2.05) is 6.07 Å². The first-order valence-electron chi connectivity index (χ1n) is 9.15. The van der Waals surface area contributed by atoms with Gasteiger partial charge in [0.2, 0.25) is 5.91 Å². The average molecular weight is 345 g/mol. The molecular weight excluding hydrogens is 314 g/mol. The third-order valence-electron chi connectivity index (χ3n) is 4.30. The van der Waals surface area contributed by atoms with Gasteiger partial charge in [0.1, 0.15) is 6.54 Å². The van der Waals surface area contributed by atoms with E-state index in [0.717, 1.165) is 44.9 Å². The third kappa shape index (κ3) is 6.29. The largest absolute Gasteiger partial charge is 0.369 e. The SMILES string of the molecule is CCCNC(=NCC(=O)N(C)C)NC1CCCN(c2ccccc2)C1. The van der Waals surface area contributed by atoms with Crippen molar-refractivity contribution in [3.63, 3.8) is 0 Å². The normalized spacial score (nSPS) is 18.0. The molecule has 1 aromatic carbocycles. The highest BCUT2D eigenvalue weighted by molar-refractivity contribution is 5.85. The number of likely N-dealkylation sites (N-methyl/N-ethyl adjacent to an activating group) is 1. The van der Waals surface area contributed by atoms with Crippen LogP contribution in [-0.2, 0) is 4.79 Å². The van der Waals surface area contributed by atoms with Crippen LogP contribution >= 0.6 is 0 Å². The Balaban J connectivity index is 1.97. The molecule has 1 aliphatic heterocycles. The van der Waals surface area contributed by atoms with E-state index in [2.05, 4.69) is 51.7 Å². The number of carbonyl (C=O) groups is 1. The smallest absolute Gasteiger partial charge is 0.243 e. The van der Waals surface area contributed by atoms with Crippen LogP contribution in [0.25, 0.3) is 0 Å². The van der Waals surface area contributed by atoms with Gasteiger partial charge in [-0.25, -0.2) is 4.99 Å². The molecule has 0 radical (unpaired) electrons. The average Bonchev–Trinajstić information content (AvgIpc) is 2.64. The second kappa shape index (κ2) is 9.91. The van der Waals surface area contributed by atoms with Crippen LogP contribution in [0.5, 0.6) is 0 Å². The van der Waals surface area contributed by atoms with Crippen LogP contribution in [0, 0.1) is 0 Å². The zero-order valence-electron chi connectivity index (χ0n) is 15.7. The lowest BCUT2D eigenvalue weighted by Crippen LogP contribution is -2.51. The van der Waals surface area contributed by atoms with Crippen molar-refractivity contribution in [2.45, 2.75) is 32.2 Å². The highest BCUT2D eigenvalue weighted by Gasteiger charge is 2.21. The van der Waals surface area contributed by atoms with Gasteiger partial charge in [-0.05, 0) is 31.4 Å². The highest BCUT2D eigenvalue weighted by atomic mass is 16.2. The molecule has 1 unspecified atom stereocenters. The van der Waals surface area contributed by atoms with E-state index in [1.54, 1.807) is 19.0 Å². The van der Waals surface area contributed by atoms with Gasteiger partial charge in [0.15, 0.2) is 5.96 Å². The van der Waals surface area contributed by atoms with Gasteiger partial charge < -0.3 is 20.4 Å². The summed E-state index contributed by atoms with van der Waals surface area (Å²) in [7, 11) is 3.51. The summed E-state index contributed by atoms with van der Waals surface area (Å²) in [4.78, 5) is 20.2. The number of para-hydroxylation sites is 1. The number of hydrogen-bond acceptors (Lipinski definition) is 3. The fraction of sp³-hybridized carbons (Fsp3) is 0.579. The lowest BCUT2D eigenvalue weighted by atomic mass is 10.1. The number of rotatable bonds is 6. The van der Waals surface area contributed by atoms with Crippen LogP contribution in [0.15, 0.2) is 35.3 Å². The number of nitrogens with one attached hydrogen (secondary N) is 2. The van der Waals surface area contributed by atoms with Gasteiger partial charge in [0, 0.05) is 45.5 Å². The van der Waals surface area contributed by atoms with Crippen molar-refractivity contribution < 1.29 is 4.79 Å².